The van der Waals surface area contributed by atoms with E-state index in [1.165, 1.54) is 6.92 Å². The van der Waals surface area contributed by atoms with Crippen LogP contribution in [0.3, 0.4) is 0 Å². The summed E-state index contributed by atoms with van der Waals surface area (Å²) < 4.78 is 11.0. The maximum atomic E-state index is 11.0. The van der Waals surface area contributed by atoms with Crippen molar-refractivity contribution in [3.8, 4) is 0 Å². The molecule has 6 heteroatoms. The molecule has 0 aliphatic rings. The van der Waals surface area contributed by atoms with Crippen LogP contribution >= 0.6 is 0 Å². The van der Waals surface area contributed by atoms with Crippen molar-refractivity contribution in [2.75, 3.05) is 5.75 Å². The Hall–Kier alpha value is -0.910. The number of carbonyl (C=O) groups excluding carboxylic acids is 1. The minimum Gasteiger partial charge on any atom is -0.480 e. The monoisotopic (exact) mass is 193 g/mol. The average Bonchev–Trinajstić information content (AvgIpc) is 1.98. The van der Waals surface area contributed by atoms with Crippen LogP contribution in [-0.4, -0.2) is 32.2 Å². The molecule has 3 N–H and O–H groups in total. The lowest BCUT2D eigenvalue weighted by Crippen LogP contribution is -2.25. The lowest BCUT2D eigenvalue weighted by molar-refractivity contribution is -0.136. The van der Waals surface area contributed by atoms with E-state index in [1.807, 2.05) is 0 Å². The zero-order chi connectivity index (χ0) is 9.72. The predicted octanol–water partition coefficient (Wildman–Crippen LogP) is -0.916. The largest absolute Gasteiger partial charge is 0.480 e. The Balaban J connectivity index is 3.88. The van der Waals surface area contributed by atoms with Crippen LogP contribution in [0.2, 0.25) is 0 Å². The van der Waals surface area contributed by atoms with Crippen molar-refractivity contribution in [1.82, 2.24) is 0 Å². The van der Waals surface area contributed by atoms with E-state index in [0.29, 0.717) is 0 Å². The Labute approximate surface area is 72.4 Å². The number of primary amides is 1. The summed E-state index contributed by atoms with van der Waals surface area (Å²) in [5.41, 5.74) is 4.80. The van der Waals surface area contributed by atoms with Gasteiger partial charge in [-0.3, -0.25) is 13.8 Å². The van der Waals surface area contributed by atoms with E-state index in [4.69, 9.17) is 10.8 Å². The number of nitrogens with two attached hydrogens (primary N) is 1. The van der Waals surface area contributed by atoms with E-state index in [9.17, 15) is 13.8 Å². The standard InChI is InChI=1S/C6H11NO4S/c1-4(6(9)10)12(11)3-2-5(7)8/h4H,2-3H2,1H3,(H2,7,8)(H,9,10). The molecule has 2 unspecified atom stereocenters. The molecule has 12 heavy (non-hydrogen) atoms. The maximum absolute atomic E-state index is 11.0. The number of carbonyl (C=O) groups is 2. The zero-order valence-corrected chi connectivity index (χ0v) is 7.47. The molecular weight excluding hydrogens is 182 g/mol. The van der Waals surface area contributed by atoms with Crippen LogP contribution in [0.4, 0.5) is 0 Å². The van der Waals surface area contributed by atoms with Crippen molar-refractivity contribution in [3.63, 3.8) is 0 Å². The Morgan fingerprint density at radius 2 is 2.08 bits per heavy atom. The number of carboxylic acid groups (broad SMARTS) is 1. The highest BCUT2D eigenvalue weighted by Crippen LogP contribution is 1.97. The molecule has 0 aromatic heterocycles. The van der Waals surface area contributed by atoms with Crippen molar-refractivity contribution < 1.29 is 18.9 Å². The SMILES string of the molecule is CC(C(=O)O)S(=O)CCC(N)=O. The molecule has 0 aromatic carbocycles. The summed E-state index contributed by atoms with van der Waals surface area (Å²) in [7, 11) is -1.52. The van der Waals surface area contributed by atoms with E-state index >= 15 is 0 Å². The van der Waals surface area contributed by atoms with Crippen molar-refractivity contribution in [3.05, 3.63) is 0 Å². The Bertz CT molecular complexity index is 216. The zero-order valence-electron chi connectivity index (χ0n) is 6.65. The van der Waals surface area contributed by atoms with Gasteiger partial charge in [-0.2, -0.15) is 0 Å². The molecule has 0 saturated heterocycles. The van der Waals surface area contributed by atoms with Gasteiger partial charge in [-0.25, -0.2) is 0 Å². The van der Waals surface area contributed by atoms with Crippen molar-refractivity contribution >= 4 is 22.7 Å². The van der Waals surface area contributed by atoms with Gasteiger partial charge < -0.3 is 10.8 Å². The highest BCUT2D eigenvalue weighted by atomic mass is 32.2. The number of hydrogen-bond acceptors (Lipinski definition) is 3. The van der Waals surface area contributed by atoms with E-state index in [2.05, 4.69) is 0 Å². The predicted molar refractivity (Wildman–Crippen MR) is 43.9 cm³/mol. The molecule has 0 aliphatic heterocycles. The van der Waals surface area contributed by atoms with Crippen LogP contribution < -0.4 is 5.73 Å². The fraction of sp³-hybridized carbons (Fsp3) is 0.667. The molecule has 70 valence electrons. The van der Waals surface area contributed by atoms with E-state index < -0.39 is 27.9 Å². The molecule has 0 saturated carbocycles. The van der Waals surface area contributed by atoms with E-state index in [0.717, 1.165) is 0 Å². The van der Waals surface area contributed by atoms with Gasteiger partial charge in [0.25, 0.3) is 0 Å². The normalized spacial score (nSPS) is 15.1. The lowest BCUT2D eigenvalue weighted by Gasteiger charge is -2.03. The fourth-order valence-electron chi connectivity index (χ4n) is 0.490. The van der Waals surface area contributed by atoms with E-state index in [1.54, 1.807) is 0 Å². The Morgan fingerprint density at radius 1 is 1.58 bits per heavy atom. The third kappa shape index (κ3) is 4.07. The summed E-state index contributed by atoms with van der Waals surface area (Å²) >= 11 is 0. The summed E-state index contributed by atoms with van der Waals surface area (Å²) in [6.07, 6.45) is -0.0375. The number of aliphatic carboxylic acids is 1. The lowest BCUT2D eigenvalue weighted by atomic mass is 10.5. The number of amides is 1. The van der Waals surface area contributed by atoms with Crippen molar-refractivity contribution in [1.29, 1.82) is 0 Å². The van der Waals surface area contributed by atoms with Gasteiger partial charge in [-0.1, -0.05) is 0 Å². The molecule has 0 radical (unpaired) electrons. The number of rotatable bonds is 5. The van der Waals surface area contributed by atoms with Gasteiger partial charge in [0.05, 0.1) is 0 Å². The van der Waals surface area contributed by atoms with Crippen LogP contribution in [0.5, 0.6) is 0 Å². The summed E-state index contributed by atoms with van der Waals surface area (Å²) in [5.74, 6) is -1.68. The van der Waals surface area contributed by atoms with Crippen molar-refractivity contribution in [2.45, 2.75) is 18.6 Å². The summed E-state index contributed by atoms with van der Waals surface area (Å²) in [4.78, 5) is 20.5. The average molecular weight is 193 g/mol. The van der Waals surface area contributed by atoms with Gasteiger partial charge in [0.15, 0.2) is 0 Å². The smallest absolute Gasteiger partial charge is 0.318 e. The molecule has 5 nitrogen and oxygen atoms in total. The van der Waals surface area contributed by atoms with Crippen LogP contribution in [0, 0.1) is 0 Å². The quantitative estimate of drug-likeness (QED) is 0.590. The molecule has 1 amide bonds. The van der Waals surface area contributed by atoms with Crippen molar-refractivity contribution in [2.24, 2.45) is 5.73 Å². The summed E-state index contributed by atoms with van der Waals surface area (Å²) in [6.45, 7) is 1.33. The molecule has 0 aliphatic carbocycles. The molecule has 0 aromatic rings. The summed E-state index contributed by atoms with van der Waals surface area (Å²) in [5, 5.41) is 7.47. The second kappa shape index (κ2) is 4.87. The summed E-state index contributed by atoms with van der Waals surface area (Å²) in [6, 6.07) is 0. The van der Waals surface area contributed by atoms with Crippen LogP contribution in [-0.2, 0) is 20.4 Å². The number of carboxylic acids is 1. The first kappa shape index (κ1) is 11.1. The van der Waals surface area contributed by atoms with Gasteiger partial charge in [0, 0.05) is 23.0 Å². The van der Waals surface area contributed by atoms with Crippen LogP contribution in [0.25, 0.3) is 0 Å². The third-order valence-electron chi connectivity index (χ3n) is 1.29. The van der Waals surface area contributed by atoms with Crippen LogP contribution in [0.1, 0.15) is 13.3 Å². The Kier molecular flexibility index (Phi) is 4.50. The first-order valence-electron chi connectivity index (χ1n) is 3.33. The third-order valence-corrected chi connectivity index (χ3v) is 2.89. The molecular formula is C6H11NO4S. The molecule has 0 fully saturated rings. The van der Waals surface area contributed by atoms with Gasteiger partial charge in [-0.05, 0) is 6.92 Å². The second-order valence-corrected chi connectivity index (χ2v) is 4.16. The van der Waals surface area contributed by atoms with E-state index in [-0.39, 0.29) is 12.2 Å². The molecule has 0 heterocycles. The topological polar surface area (TPSA) is 97.5 Å². The molecule has 0 bridgehead atoms. The first-order chi connectivity index (χ1) is 5.45. The Morgan fingerprint density at radius 3 is 2.42 bits per heavy atom. The highest BCUT2D eigenvalue weighted by Gasteiger charge is 2.18. The first-order valence-corrected chi connectivity index (χ1v) is 4.71. The minimum absolute atomic E-state index is 0.0167. The number of hydrogen-bond donors (Lipinski definition) is 2. The molecule has 0 rings (SSSR count). The second-order valence-electron chi connectivity index (χ2n) is 2.28. The maximum Gasteiger partial charge on any atom is 0.318 e. The molecule has 0 spiro atoms. The van der Waals surface area contributed by atoms with Gasteiger partial charge in [0.1, 0.15) is 5.25 Å². The van der Waals surface area contributed by atoms with Gasteiger partial charge >= 0.3 is 5.97 Å². The molecule has 2 atom stereocenters. The van der Waals surface area contributed by atoms with Crippen LogP contribution in [0.15, 0.2) is 0 Å². The highest BCUT2D eigenvalue weighted by molar-refractivity contribution is 7.86. The van der Waals surface area contributed by atoms with Gasteiger partial charge in [0.2, 0.25) is 5.91 Å². The fourth-order valence-corrected chi connectivity index (χ4v) is 1.47. The minimum atomic E-state index is -1.52. The van der Waals surface area contributed by atoms with Gasteiger partial charge in [-0.15, -0.1) is 0 Å².